The average molecular weight is 495 g/mol. The number of aromatic amines is 1. The number of H-pyrrole nitrogens is 1. The molecule has 0 aliphatic carbocycles. The molecule has 0 radical (unpaired) electrons. The highest BCUT2D eigenvalue weighted by atomic mass is 35.5. The van der Waals surface area contributed by atoms with Gasteiger partial charge in [0.1, 0.15) is 0 Å². The van der Waals surface area contributed by atoms with Crippen LogP contribution in [0, 0.1) is 11.6 Å². The minimum absolute atomic E-state index is 0.122. The fraction of sp³-hybridized carbons (Fsp3) is 0.192. The van der Waals surface area contributed by atoms with E-state index in [0.717, 1.165) is 11.8 Å². The molecule has 0 bridgehead atoms. The van der Waals surface area contributed by atoms with Crippen molar-refractivity contribution in [3.05, 3.63) is 104 Å². The molecule has 0 spiro atoms. The monoisotopic (exact) mass is 494 g/mol. The molecule has 0 atom stereocenters. The third-order valence-corrected chi connectivity index (χ3v) is 6.44. The summed E-state index contributed by atoms with van der Waals surface area (Å²) in [5, 5.41) is 8.23. The van der Waals surface area contributed by atoms with E-state index in [9.17, 15) is 18.4 Å². The van der Waals surface area contributed by atoms with Crippen molar-refractivity contribution >= 4 is 34.0 Å². The lowest BCUT2D eigenvalue weighted by atomic mass is 10.0. The number of halogens is 3. The number of hydrogen-bond acceptors (Lipinski definition) is 4. The molecular formula is C26H21ClF2N4O2. The first-order valence-electron chi connectivity index (χ1n) is 11.1. The van der Waals surface area contributed by atoms with Crippen LogP contribution >= 0.6 is 11.6 Å². The summed E-state index contributed by atoms with van der Waals surface area (Å²) >= 11 is 6.08. The summed E-state index contributed by atoms with van der Waals surface area (Å²) in [6.07, 6.45) is 0.122. The number of nitrogens with one attached hydrogen (secondary N) is 1. The van der Waals surface area contributed by atoms with Crippen LogP contribution in [0.2, 0.25) is 5.02 Å². The Balaban J connectivity index is 1.38. The number of hydrogen-bond donors (Lipinski definition) is 1. The fourth-order valence-corrected chi connectivity index (χ4v) is 4.60. The van der Waals surface area contributed by atoms with E-state index in [-0.39, 0.29) is 17.5 Å². The van der Waals surface area contributed by atoms with Gasteiger partial charge in [-0.2, -0.15) is 5.10 Å². The Bertz CT molecular complexity index is 1480. The maximum absolute atomic E-state index is 14.7. The van der Waals surface area contributed by atoms with Crippen LogP contribution in [0.25, 0.3) is 10.8 Å². The van der Waals surface area contributed by atoms with Crippen LogP contribution in [0.5, 0.6) is 0 Å². The molecule has 1 saturated heterocycles. The standard InChI is InChI=1S/C26H21ClF2N4O2/c27-17-4-3-5-18(15-17)32-8-10-33(11-9-32)26(35)21-12-16(13-22(28)24(21)29)14-23-19-6-1-2-7-20(19)25(34)31-30-23/h1-7,12-13,15H,8-11,14H2,(H,31,34). The number of carbonyl (C=O) groups excluding carboxylic acids is 1. The first-order chi connectivity index (χ1) is 16.9. The molecule has 1 aliphatic rings. The maximum Gasteiger partial charge on any atom is 0.272 e. The Kier molecular flexibility index (Phi) is 6.21. The van der Waals surface area contributed by atoms with E-state index >= 15 is 0 Å². The van der Waals surface area contributed by atoms with Crippen LogP contribution in [0.1, 0.15) is 21.6 Å². The van der Waals surface area contributed by atoms with Crippen molar-refractivity contribution in [1.82, 2.24) is 15.1 Å². The summed E-state index contributed by atoms with van der Waals surface area (Å²) in [6.45, 7) is 1.82. The Labute approximate surface area is 204 Å². The van der Waals surface area contributed by atoms with Crippen LogP contribution in [-0.4, -0.2) is 47.2 Å². The normalized spacial score (nSPS) is 13.9. The molecule has 2 heterocycles. The molecule has 0 saturated carbocycles. The highest BCUT2D eigenvalue weighted by molar-refractivity contribution is 6.30. The quantitative estimate of drug-likeness (QED) is 0.456. The molecular weight excluding hydrogens is 474 g/mol. The van der Waals surface area contributed by atoms with Gasteiger partial charge in [0.25, 0.3) is 11.5 Å². The Morgan fingerprint density at radius 2 is 1.71 bits per heavy atom. The summed E-state index contributed by atoms with van der Waals surface area (Å²) < 4.78 is 29.2. The van der Waals surface area contributed by atoms with Gasteiger partial charge in [-0.25, -0.2) is 13.9 Å². The summed E-state index contributed by atoms with van der Waals surface area (Å²) in [6, 6.07) is 16.8. The number of fused-ring (bicyclic) bond motifs is 1. The van der Waals surface area contributed by atoms with Crippen molar-refractivity contribution in [3.63, 3.8) is 0 Å². The number of aromatic nitrogens is 2. The molecule has 178 valence electrons. The van der Waals surface area contributed by atoms with E-state index in [2.05, 4.69) is 15.1 Å². The second-order valence-electron chi connectivity index (χ2n) is 8.42. The topological polar surface area (TPSA) is 69.3 Å². The van der Waals surface area contributed by atoms with Crippen molar-refractivity contribution < 1.29 is 13.6 Å². The molecule has 6 nitrogen and oxygen atoms in total. The molecule has 35 heavy (non-hydrogen) atoms. The lowest BCUT2D eigenvalue weighted by molar-refractivity contribution is 0.0740. The van der Waals surface area contributed by atoms with Gasteiger partial charge in [-0.3, -0.25) is 9.59 Å². The zero-order valence-corrected chi connectivity index (χ0v) is 19.4. The van der Waals surface area contributed by atoms with Gasteiger partial charge in [-0.05, 0) is 42.0 Å². The lowest BCUT2D eigenvalue weighted by Crippen LogP contribution is -2.49. The van der Waals surface area contributed by atoms with Crippen LogP contribution in [0.4, 0.5) is 14.5 Å². The molecule has 9 heteroatoms. The maximum atomic E-state index is 14.7. The van der Waals surface area contributed by atoms with Gasteiger partial charge in [0, 0.05) is 48.7 Å². The van der Waals surface area contributed by atoms with E-state index < -0.39 is 17.5 Å². The number of rotatable bonds is 4. The Hall–Kier alpha value is -3.78. The minimum atomic E-state index is -1.17. The van der Waals surface area contributed by atoms with Crippen LogP contribution in [0.15, 0.2) is 65.5 Å². The van der Waals surface area contributed by atoms with Crippen molar-refractivity contribution in [1.29, 1.82) is 0 Å². The molecule has 3 aromatic carbocycles. The molecule has 5 rings (SSSR count). The average Bonchev–Trinajstić information content (AvgIpc) is 2.87. The number of amides is 1. The number of piperazine rings is 1. The number of carbonyl (C=O) groups is 1. The summed E-state index contributed by atoms with van der Waals surface area (Å²) in [5.74, 6) is -2.83. The minimum Gasteiger partial charge on any atom is -0.368 e. The van der Waals surface area contributed by atoms with E-state index in [0.29, 0.717) is 53.2 Å². The second kappa shape index (κ2) is 9.46. The highest BCUT2D eigenvalue weighted by Gasteiger charge is 2.26. The number of benzene rings is 3. The van der Waals surface area contributed by atoms with Crippen LogP contribution in [0.3, 0.4) is 0 Å². The summed E-state index contributed by atoms with van der Waals surface area (Å²) in [5.41, 5.74) is 1.19. The summed E-state index contributed by atoms with van der Waals surface area (Å²) in [7, 11) is 0. The van der Waals surface area contributed by atoms with Crippen LogP contribution < -0.4 is 10.5 Å². The molecule has 0 unspecified atom stereocenters. The third-order valence-electron chi connectivity index (χ3n) is 6.21. The van der Waals surface area contributed by atoms with E-state index in [1.807, 2.05) is 18.2 Å². The predicted molar refractivity (Wildman–Crippen MR) is 131 cm³/mol. The Morgan fingerprint density at radius 3 is 2.46 bits per heavy atom. The lowest BCUT2D eigenvalue weighted by Gasteiger charge is -2.36. The largest absolute Gasteiger partial charge is 0.368 e. The van der Waals surface area contributed by atoms with Gasteiger partial charge >= 0.3 is 0 Å². The van der Waals surface area contributed by atoms with E-state index in [1.165, 1.54) is 11.0 Å². The van der Waals surface area contributed by atoms with Crippen molar-refractivity contribution in [2.45, 2.75) is 6.42 Å². The van der Waals surface area contributed by atoms with Crippen LogP contribution in [-0.2, 0) is 6.42 Å². The van der Waals surface area contributed by atoms with Gasteiger partial charge in [0.2, 0.25) is 0 Å². The smallest absolute Gasteiger partial charge is 0.272 e. The zero-order valence-electron chi connectivity index (χ0n) is 18.6. The van der Waals surface area contributed by atoms with Gasteiger partial charge in [-0.15, -0.1) is 0 Å². The molecule has 1 aromatic heterocycles. The third kappa shape index (κ3) is 4.61. The van der Waals surface area contributed by atoms with Crippen molar-refractivity contribution in [3.8, 4) is 0 Å². The highest BCUT2D eigenvalue weighted by Crippen LogP contribution is 2.24. The van der Waals surface area contributed by atoms with Crippen molar-refractivity contribution in [2.24, 2.45) is 0 Å². The SMILES string of the molecule is O=C(c1cc(Cc2n[nH]c(=O)c3ccccc23)cc(F)c1F)N1CCN(c2cccc(Cl)c2)CC1. The fourth-order valence-electron chi connectivity index (χ4n) is 4.41. The molecule has 4 aromatic rings. The summed E-state index contributed by atoms with van der Waals surface area (Å²) in [4.78, 5) is 28.8. The van der Waals surface area contributed by atoms with Crippen molar-refractivity contribution in [2.75, 3.05) is 31.1 Å². The number of nitrogens with zero attached hydrogens (tertiary/aromatic N) is 3. The van der Waals surface area contributed by atoms with Gasteiger partial charge < -0.3 is 9.80 Å². The molecule has 1 N–H and O–H groups in total. The molecule has 1 aliphatic heterocycles. The predicted octanol–water partition coefficient (Wildman–Crippen LogP) is 4.41. The van der Waals surface area contributed by atoms with Gasteiger partial charge in [0.15, 0.2) is 11.6 Å². The van der Waals surface area contributed by atoms with Gasteiger partial charge in [-0.1, -0.05) is 35.9 Å². The first-order valence-corrected chi connectivity index (χ1v) is 11.5. The zero-order chi connectivity index (χ0) is 24.5. The van der Waals surface area contributed by atoms with E-state index in [4.69, 9.17) is 11.6 Å². The number of anilines is 1. The second-order valence-corrected chi connectivity index (χ2v) is 8.86. The molecule has 1 fully saturated rings. The molecule has 1 amide bonds. The van der Waals surface area contributed by atoms with Gasteiger partial charge in [0.05, 0.1) is 16.6 Å². The Morgan fingerprint density at radius 1 is 0.971 bits per heavy atom. The first kappa shape index (κ1) is 23.0. The van der Waals surface area contributed by atoms with E-state index in [1.54, 1.807) is 30.3 Å².